The van der Waals surface area contributed by atoms with Crippen LogP contribution in [0.1, 0.15) is 37.0 Å². The van der Waals surface area contributed by atoms with Gasteiger partial charge < -0.3 is 10.5 Å². The number of benzene rings is 1. The Morgan fingerprint density at radius 1 is 1.37 bits per heavy atom. The summed E-state index contributed by atoms with van der Waals surface area (Å²) in [5.41, 5.74) is 7.56. The molecule has 0 saturated carbocycles. The fraction of sp³-hybridized carbons (Fsp3) is 0.438. The van der Waals surface area contributed by atoms with Crippen molar-refractivity contribution in [3.63, 3.8) is 0 Å². The monoisotopic (exact) mass is 261 g/mol. The molecule has 0 aliphatic carbocycles. The molecule has 1 aromatic rings. The van der Waals surface area contributed by atoms with E-state index in [0.717, 1.165) is 18.4 Å². The highest BCUT2D eigenvalue weighted by Crippen LogP contribution is 2.18. The Labute approximate surface area is 115 Å². The molecule has 0 fully saturated rings. The molecule has 0 aliphatic heterocycles. The average Bonchev–Trinajstić information content (AvgIpc) is 2.39. The minimum Gasteiger partial charge on any atom is -0.461 e. The van der Waals surface area contributed by atoms with E-state index in [1.54, 1.807) is 12.1 Å². The summed E-state index contributed by atoms with van der Waals surface area (Å²) in [6.07, 6.45) is 1.93. The third-order valence-corrected chi connectivity index (χ3v) is 3.13. The lowest BCUT2D eigenvalue weighted by Crippen LogP contribution is -2.32. The maximum atomic E-state index is 11.9. The standard InChI is InChI=1S/C16H23NO2/c1-4-8-12(2)15(13(3)17)11-19-16(18)14-9-6-5-7-10-14/h5-7,9-10,13,15H,2,4,8,11,17H2,1,3H3. The zero-order valence-corrected chi connectivity index (χ0v) is 11.8. The summed E-state index contributed by atoms with van der Waals surface area (Å²) >= 11 is 0. The van der Waals surface area contributed by atoms with Crippen molar-refractivity contribution in [1.82, 2.24) is 0 Å². The predicted molar refractivity (Wildman–Crippen MR) is 77.9 cm³/mol. The third-order valence-electron chi connectivity index (χ3n) is 3.13. The minimum atomic E-state index is -0.310. The van der Waals surface area contributed by atoms with Gasteiger partial charge in [-0.3, -0.25) is 0 Å². The van der Waals surface area contributed by atoms with Gasteiger partial charge in [0, 0.05) is 12.0 Å². The third kappa shape index (κ3) is 4.87. The Balaban J connectivity index is 2.57. The normalized spacial score (nSPS) is 13.6. The molecule has 2 atom stereocenters. The van der Waals surface area contributed by atoms with Gasteiger partial charge in [-0.15, -0.1) is 0 Å². The number of carbonyl (C=O) groups is 1. The number of ether oxygens (including phenoxy) is 1. The molecule has 0 bridgehead atoms. The Bertz CT molecular complexity index is 412. The fourth-order valence-electron chi connectivity index (χ4n) is 1.97. The van der Waals surface area contributed by atoms with Crippen LogP contribution in [0.15, 0.2) is 42.5 Å². The van der Waals surface area contributed by atoms with E-state index in [0.29, 0.717) is 12.2 Å². The van der Waals surface area contributed by atoms with Crippen molar-refractivity contribution in [3.05, 3.63) is 48.0 Å². The van der Waals surface area contributed by atoms with Crippen molar-refractivity contribution < 1.29 is 9.53 Å². The van der Waals surface area contributed by atoms with Crippen LogP contribution in [0, 0.1) is 5.92 Å². The predicted octanol–water partition coefficient (Wildman–Crippen LogP) is 3.16. The van der Waals surface area contributed by atoms with Crippen LogP contribution >= 0.6 is 0 Å². The quantitative estimate of drug-likeness (QED) is 0.606. The number of nitrogens with two attached hydrogens (primary N) is 1. The molecule has 0 aliphatic rings. The Kier molecular flexibility index (Phi) is 6.30. The molecule has 2 unspecified atom stereocenters. The molecule has 0 heterocycles. The van der Waals surface area contributed by atoms with Gasteiger partial charge in [-0.25, -0.2) is 4.79 Å². The Morgan fingerprint density at radius 2 is 2.00 bits per heavy atom. The van der Waals surface area contributed by atoms with Crippen molar-refractivity contribution in [2.75, 3.05) is 6.61 Å². The van der Waals surface area contributed by atoms with Crippen LogP contribution in [0.4, 0.5) is 0 Å². The van der Waals surface area contributed by atoms with Gasteiger partial charge in [0.25, 0.3) is 0 Å². The van der Waals surface area contributed by atoms with Gasteiger partial charge in [-0.05, 0) is 25.5 Å². The molecule has 0 saturated heterocycles. The van der Waals surface area contributed by atoms with E-state index >= 15 is 0 Å². The molecule has 104 valence electrons. The molecule has 2 N–H and O–H groups in total. The Morgan fingerprint density at radius 3 is 2.53 bits per heavy atom. The molecule has 0 amide bonds. The number of rotatable bonds is 7. The van der Waals surface area contributed by atoms with Gasteiger partial charge in [0.1, 0.15) is 0 Å². The molecular weight excluding hydrogens is 238 g/mol. The molecular formula is C16H23NO2. The first-order valence-corrected chi connectivity index (χ1v) is 6.71. The van der Waals surface area contributed by atoms with Crippen molar-refractivity contribution in [3.8, 4) is 0 Å². The molecule has 1 aromatic carbocycles. The van der Waals surface area contributed by atoms with E-state index in [1.807, 2.05) is 25.1 Å². The highest BCUT2D eigenvalue weighted by molar-refractivity contribution is 5.89. The lowest BCUT2D eigenvalue weighted by Gasteiger charge is -2.22. The van der Waals surface area contributed by atoms with Gasteiger partial charge in [0.2, 0.25) is 0 Å². The largest absolute Gasteiger partial charge is 0.461 e. The number of carbonyl (C=O) groups excluding carboxylic acids is 1. The minimum absolute atomic E-state index is 0.0209. The zero-order valence-electron chi connectivity index (χ0n) is 11.8. The first-order chi connectivity index (χ1) is 9.06. The molecule has 0 spiro atoms. The maximum Gasteiger partial charge on any atom is 0.338 e. The summed E-state index contributed by atoms with van der Waals surface area (Å²) in [5, 5.41) is 0. The van der Waals surface area contributed by atoms with Crippen molar-refractivity contribution >= 4 is 5.97 Å². The van der Waals surface area contributed by atoms with E-state index in [4.69, 9.17) is 10.5 Å². The molecule has 1 rings (SSSR count). The summed E-state index contributed by atoms with van der Waals surface area (Å²) in [6, 6.07) is 8.91. The average molecular weight is 261 g/mol. The summed E-state index contributed by atoms with van der Waals surface area (Å²) < 4.78 is 5.34. The number of hydrogen-bond donors (Lipinski definition) is 1. The SMILES string of the molecule is C=C(CCC)C(COC(=O)c1ccccc1)C(C)N. The lowest BCUT2D eigenvalue weighted by atomic mass is 9.92. The first-order valence-electron chi connectivity index (χ1n) is 6.71. The number of hydrogen-bond acceptors (Lipinski definition) is 3. The molecule has 3 heteroatoms. The van der Waals surface area contributed by atoms with Gasteiger partial charge >= 0.3 is 5.97 Å². The van der Waals surface area contributed by atoms with Crippen molar-refractivity contribution in [2.45, 2.75) is 32.7 Å². The van der Waals surface area contributed by atoms with E-state index in [-0.39, 0.29) is 17.9 Å². The van der Waals surface area contributed by atoms with Gasteiger partial charge in [0.15, 0.2) is 0 Å². The van der Waals surface area contributed by atoms with Gasteiger partial charge in [-0.2, -0.15) is 0 Å². The van der Waals surface area contributed by atoms with Crippen LogP contribution in [-0.4, -0.2) is 18.6 Å². The molecule has 19 heavy (non-hydrogen) atoms. The highest BCUT2D eigenvalue weighted by Gasteiger charge is 2.19. The maximum absolute atomic E-state index is 11.9. The molecule has 0 aromatic heterocycles. The second-order valence-corrected chi connectivity index (χ2v) is 4.84. The van der Waals surface area contributed by atoms with E-state index in [9.17, 15) is 4.79 Å². The summed E-state index contributed by atoms with van der Waals surface area (Å²) in [7, 11) is 0. The van der Waals surface area contributed by atoms with Gasteiger partial charge in [0.05, 0.1) is 12.2 Å². The van der Waals surface area contributed by atoms with Crippen LogP contribution < -0.4 is 5.73 Å². The second-order valence-electron chi connectivity index (χ2n) is 4.84. The van der Waals surface area contributed by atoms with Gasteiger partial charge in [-0.1, -0.05) is 43.7 Å². The zero-order chi connectivity index (χ0) is 14.3. The van der Waals surface area contributed by atoms with Crippen LogP contribution in [0.3, 0.4) is 0 Å². The van der Waals surface area contributed by atoms with E-state index < -0.39 is 0 Å². The van der Waals surface area contributed by atoms with Crippen LogP contribution in [-0.2, 0) is 4.74 Å². The van der Waals surface area contributed by atoms with E-state index in [1.165, 1.54) is 0 Å². The summed E-state index contributed by atoms with van der Waals surface area (Å²) in [6.45, 7) is 8.36. The fourth-order valence-corrected chi connectivity index (χ4v) is 1.97. The first kappa shape index (κ1) is 15.4. The van der Waals surface area contributed by atoms with Crippen molar-refractivity contribution in [2.24, 2.45) is 11.7 Å². The van der Waals surface area contributed by atoms with Crippen LogP contribution in [0.5, 0.6) is 0 Å². The van der Waals surface area contributed by atoms with Crippen LogP contribution in [0.2, 0.25) is 0 Å². The summed E-state index contributed by atoms with van der Waals surface area (Å²) in [4.78, 5) is 11.9. The van der Waals surface area contributed by atoms with Crippen molar-refractivity contribution in [1.29, 1.82) is 0 Å². The second kappa shape index (κ2) is 7.74. The van der Waals surface area contributed by atoms with Crippen LogP contribution in [0.25, 0.3) is 0 Å². The molecule has 0 radical (unpaired) electrons. The smallest absolute Gasteiger partial charge is 0.338 e. The number of esters is 1. The Hall–Kier alpha value is -1.61. The topological polar surface area (TPSA) is 52.3 Å². The highest BCUT2D eigenvalue weighted by atomic mass is 16.5. The summed E-state index contributed by atoms with van der Waals surface area (Å²) in [5.74, 6) is -0.289. The lowest BCUT2D eigenvalue weighted by molar-refractivity contribution is 0.0447. The molecule has 3 nitrogen and oxygen atoms in total. The van der Waals surface area contributed by atoms with E-state index in [2.05, 4.69) is 13.5 Å².